The van der Waals surface area contributed by atoms with E-state index in [1.165, 1.54) is 6.08 Å². The van der Waals surface area contributed by atoms with Crippen LogP contribution in [0.1, 0.15) is 45.6 Å². The fraction of sp³-hybridized carbons (Fsp3) is 0.462. The topological polar surface area (TPSA) is 147 Å². The Bertz CT molecular complexity index is 961. The Labute approximate surface area is 212 Å². The van der Waals surface area contributed by atoms with Crippen LogP contribution < -0.4 is 16.4 Å². The molecule has 0 bridgehead atoms. The molecule has 1 saturated heterocycles. The molecule has 0 aromatic heterocycles. The van der Waals surface area contributed by atoms with Crippen molar-refractivity contribution in [3.8, 4) is 0 Å². The fourth-order valence-electron chi connectivity index (χ4n) is 3.82. The maximum absolute atomic E-state index is 12.7. The van der Waals surface area contributed by atoms with Crippen molar-refractivity contribution < 1.29 is 23.9 Å². The maximum atomic E-state index is 12.7. The van der Waals surface area contributed by atoms with Gasteiger partial charge in [0.2, 0.25) is 11.8 Å². The Kier molecular flexibility index (Phi) is 11.1. The summed E-state index contributed by atoms with van der Waals surface area (Å²) in [5.74, 6) is -0.511. The Balaban J connectivity index is 2.02. The van der Waals surface area contributed by atoms with Crippen molar-refractivity contribution in [2.24, 2.45) is 5.73 Å². The third-order valence-corrected chi connectivity index (χ3v) is 5.53. The molecule has 1 aliphatic heterocycles. The summed E-state index contributed by atoms with van der Waals surface area (Å²) in [5.41, 5.74) is 5.34. The average Bonchev–Trinajstić information content (AvgIpc) is 3.11. The number of ether oxygens (including phenoxy) is 2. The molecule has 10 heteroatoms. The molecular formula is C26H37N5O5. The van der Waals surface area contributed by atoms with Gasteiger partial charge in [0, 0.05) is 31.5 Å². The van der Waals surface area contributed by atoms with Crippen LogP contribution in [-0.2, 0) is 25.7 Å². The third-order valence-electron chi connectivity index (χ3n) is 5.53. The number of benzene rings is 1. The van der Waals surface area contributed by atoms with Gasteiger partial charge in [0.05, 0.1) is 18.5 Å². The second-order valence-electron chi connectivity index (χ2n) is 8.99. The van der Waals surface area contributed by atoms with Crippen LogP contribution in [0, 0.1) is 5.41 Å². The van der Waals surface area contributed by atoms with Gasteiger partial charge >= 0.3 is 6.09 Å². The van der Waals surface area contributed by atoms with E-state index in [1.807, 2.05) is 43.3 Å². The Morgan fingerprint density at radius 2 is 2.00 bits per heavy atom. The first kappa shape index (κ1) is 28.6. The van der Waals surface area contributed by atoms with Gasteiger partial charge in [-0.25, -0.2) is 4.79 Å². The highest BCUT2D eigenvalue weighted by atomic mass is 16.6. The van der Waals surface area contributed by atoms with Crippen molar-refractivity contribution in [3.63, 3.8) is 0 Å². The lowest BCUT2D eigenvalue weighted by molar-refractivity contribution is -0.140. The predicted octanol–water partition coefficient (Wildman–Crippen LogP) is 2.60. The minimum Gasteiger partial charge on any atom is -0.445 e. The summed E-state index contributed by atoms with van der Waals surface area (Å²) in [6, 6.07) is 8.67. The van der Waals surface area contributed by atoms with Gasteiger partial charge in [-0.3, -0.25) is 15.0 Å². The molecule has 0 saturated carbocycles. The van der Waals surface area contributed by atoms with Crippen LogP contribution in [0.3, 0.4) is 0 Å². The first-order valence-electron chi connectivity index (χ1n) is 12.0. The minimum atomic E-state index is -0.843. The van der Waals surface area contributed by atoms with Crippen LogP contribution in [0.4, 0.5) is 4.79 Å². The molecule has 1 fully saturated rings. The highest BCUT2D eigenvalue weighted by molar-refractivity contribution is 5.88. The number of rotatable bonds is 12. The Morgan fingerprint density at radius 3 is 2.67 bits per heavy atom. The zero-order chi connectivity index (χ0) is 26.6. The maximum Gasteiger partial charge on any atom is 0.407 e. The molecule has 1 heterocycles. The van der Waals surface area contributed by atoms with Crippen LogP contribution in [0.15, 0.2) is 54.6 Å². The quantitative estimate of drug-likeness (QED) is 0.150. The normalized spacial score (nSPS) is 17.8. The smallest absolute Gasteiger partial charge is 0.407 e. The summed E-state index contributed by atoms with van der Waals surface area (Å²) < 4.78 is 11.4. The van der Waals surface area contributed by atoms with Crippen LogP contribution in [0.25, 0.3) is 0 Å². The average molecular weight is 500 g/mol. The number of nitrogens with one attached hydrogen (secondary N) is 3. The number of carbonyl (C=O) groups excluding carboxylic acids is 3. The summed E-state index contributed by atoms with van der Waals surface area (Å²) in [6.07, 6.45) is 6.21. The molecule has 3 amide bonds. The number of amidine groups is 1. The molecule has 0 unspecified atom stereocenters. The van der Waals surface area contributed by atoms with Gasteiger partial charge in [-0.2, -0.15) is 0 Å². The van der Waals surface area contributed by atoms with Crippen molar-refractivity contribution in [2.45, 2.75) is 64.5 Å². The van der Waals surface area contributed by atoms with Crippen LogP contribution >= 0.6 is 0 Å². The highest BCUT2D eigenvalue weighted by Gasteiger charge is 2.42. The molecule has 10 nitrogen and oxygen atoms in total. The van der Waals surface area contributed by atoms with Gasteiger partial charge in [0.15, 0.2) is 0 Å². The number of amides is 3. The molecule has 0 radical (unpaired) electrons. The zero-order valence-corrected chi connectivity index (χ0v) is 21.2. The second-order valence-corrected chi connectivity index (χ2v) is 8.99. The minimum absolute atomic E-state index is 0.0201. The van der Waals surface area contributed by atoms with E-state index < -0.39 is 24.0 Å². The number of hydrogen-bond donors (Lipinski definition) is 4. The van der Waals surface area contributed by atoms with Crippen molar-refractivity contribution in [2.75, 3.05) is 13.1 Å². The van der Waals surface area contributed by atoms with Gasteiger partial charge in [-0.05, 0) is 32.8 Å². The number of nitrogens with two attached hydrogens (primary N) is 1. The molecule has 36 heavy (non-hydrogen) atoms. The van der Waals surface area contributed by atoms with Crippen molar-refractivity contribution in [1.29, 1.82) is 5.41 Å². The number of alkyl carbamates (subject to hydrolysis) is 1. The summed E-state index contributed by atoms with van der Waals surface area (Å²) in [4.78, 5) is 39.3. The van der Waals surface area contributed by atoms with Gasteiger partial charge in [-0.1, -0.05) is 48.6 Å². The largest absolute Gasteiger partial charge is 0.445 e. The van der Waals surface area contributed by atoms with E-state index in [-0.39, 0.29) is 43.6 Å². The van der Waals surface area contributed by atoms with E-state index in [0.717, 1.165) is 5.56 Å². The first-order chi connectivity index (χ1) is 17.1. The molecule has 2 atom stereocenters. The molecule has 1 aliphatic rings. The van der Waals surface area contributed by atoms with Crippen molar-refractivity contribution in [1.82, 2.24) is 15.5 Å². The molecule has 0 spiro atoms. The lowest BCUT2D eigenvalue weighted by Crippen LogP contribution is -2.43. The molecular weight excluding hydrogens is 462 g/mol. The van der Waals surface area contributed by atoms with E-state index in [1.54, 1.807) is 30.9 Å². The predicted molar refractivity (Wildman–Crippen MR) is 137 cm³/mol. The Hall–Kier alpha value is -3.66. The van der Waals surface area contributed by atoms with Gasteiger partial charge in [0.25, 0.3) is 0 Å². The van der Waals surface area contributed by atoms with Crippen molar-refractivity contribution >= 4 is 23.7 Å². The highest BCUT2D eigenvalue weighted by Crippen LogP contribution is 2.29. The summed E-state index contributed by atoms with van der Waals surface area (Å²) in [7, 11) is 0. The number of carbonyl (C=O) groups is 3. The molecule has 196 valence electrons. The molecule has 1 aromatic carbocycles. The summed E-state index contributed by atoms with van der Waals surface area (Å²) in [6.45, 7) is 6.11. The monoisotopic (exact) mass is 499 g/mol. The molecule has 2 rings (SSSR count). The van der Waals surface area contributed by atoms with E-state index in [4.69, 9.17) is 20.6 Å². The van der Waals surface area contributed by atoms with Gasteiger partial charge in [0.1, 0.15) is 12.3 Å². The molecule has 1 aromatic rings. The standard InChI is InChI=1S/C26H37N5O5/c1-4-5-7-12-24(33)31-17-21(36-26(31,2)3)15-20(16-23(32)29-14-13-22(27)28)30-25(34)35-18-19-10-8-6-9-11-19/h4-12,20-21H,13-18H2,1-3H3,(H3,27,28)(H,29,32)(H,30,34)/b5-4+,12-7+/t20-,21-/m1/s1. The molecule has 5 N–H and O–H groups in total. The second kappa shape index (κ2) is 14.0. The van der Waals surface area contributed by atoms with Crippen LogP contribution in [0.2, 0.25) is 0 Å². The van der Waals surface area contributed by atoms with E-state index >= 15 is 0 Å². The fourth-order valence-corrected chi connectivity index (χ4v) is 3.82. The summed E-state index contributed by atoms with van der Waals surface area (Å²) in [5, 5.41) is 12.7. The zero-order valence-electron chi connectivity index (χ0n) is 21.2. The lowest BCUT2D eigenvalue weighted by Gasteiger charge is -2.28. The number of hydrogen-bond acceptors (Lipinski definition) is 6. The van der Waals surface area contributed by atoms with Crippen LogP contribution in [-0.4, -0.2) is 59.6 Å². The Morgan fingerprint density at radius 1 is 1.28 bits per heavy atom. The third kappa shape index (κ3) is 9.91. The lowest BCUT2D eigenvalue weighted by atomic mass is 10.1. The van der Waals surface area contributed by atoms with Crippen molar-refractivity contribution in [3.05, 3.63) is 60.2 Å². The van der Waals surface area contributed by atoms with E-state index in [0.29, 0.717) is 13.0 Å². The SMILES string of the molecule is C/C=C/C=C/C(=O)N1C[C@@H](C[C@H](CC(=O)NCCC(=N)N)NC(=O)OCc2ccccc2)OC1(C)C. The number of allylic oxidation sites excluding steroid dienone is 3. The van der Waals surface area contributed by atoms with Gasteiger partial charge in [-0.15, -0.1) is 0 Å². The molecule has 0 aliphatic carbocycles. The van der Waals surface area contributed by atoms with Crippen LogP contribution in [0.5, 0.6) is 0 Å². The van der Waals surface area contributed by atoms with E-state index in [2.05, 4.69) is 10.6 Å². The number of nitrogens with zero attached hydrogens (tertiary/aromatic N) is 1. The first-order valence-corrected chi connectivity index (χ1v) is 12.0. The summed E-state index contributed by atoms with van der Waals surface area (Å²) >= 11 is 0. The van der Waals surface area contributed by atoms with E-state index in [9.17, 15) is 14.4 Å². The van der Waals surface area contributed by atoms with Gasteiger partial charge < -0.3 is 30.7 Å².